The van der Waals surface area contributed by atoms with E-state index in [0.717, 1.165) is 29.7 Å². The number of rotatable bonds is 7. The molecule has 0 fully saturated rings. The lowest BCUT2D eigenvalue weighted by atomic mass is 9.83. The van der Waals surface area contributed by atoms with Gasteiger partial charge in [-0.15, -0.1) is 0 Å². The van der Waals surface area contributed by atoms with Crippen molar-refractivity contribution in [2.24, 2.45) is 0 Å². The fourth-order valence-corrected chi connectivity index (χ4v) is 4.46. The van der Waals surface area contributed by atoms with Gasteiger partial charge in [0, 0.05) is 29.7 Å². The molecule has 0 spiro atoms. The quantitative estimate of drug-likeness (QED) is 0.195. The third-order valence-electron chi connectivity index (χ3n) is 6.51. The van der Waals surface area contributed by atoms with Crippen LogP contribution in [0.3, 0.4) is 0 Å². The van der Waals surface area contributed by atoms with Crippen LogP contribution < -0.4 is 10.1 Å². The van der Waals surface area contributed by atoms with Gasteiger partial charge in [-0.25, -0.2) is 0 Å². The highest BCUT2D eigenvalue weighted by Crippen LogP contribution is 2.42. The van der Waals surface area contributed by atoms with E-state index >= 15 is 0 Å². The van der Waals surface area contributed by atoms with Gasteiger partial charge >= 0.3 is 0 Å². The number of benzene rings is 3. The SMILES string of the molecule is CCC1(CC)C[C@H](NC(=O)/C(=C/c2cccc([N+](=O)[O-])c2)c2ccccc2)c2ccccc2O1. The van der Waals surface area contributed by atoms with Gasteiger partial charge in [0.25, 0.3) is 11.6 Å². The molecule has 6 nitrogen and oxygen atoms in total. The Kier molecular flexibility index (Phi) is 6.77. The molecule has 0 unspecified atom stereocenters. The summed E-state index contributed by atoms with van der Waals surface area (Å²) in [6.07, 6.45) is 4.04. The van der Waals surface area contributed by atoms with Crippen molar-refractivity contribution in [2.45, 2.75) is 44.8 Å². The monoisotopic (exact) mass is 456 g/mol. The van der Waals surface area contributed by atoms with E-state index in [0.29, 0.717) is 17.6 Å². The zero-order valence-corrected chi connectivity index (χ0v) is 19.4. The highest BCUT2D eigenvalue weighted by molar-refractivity contribution is 6.24. The smallest absolute Gasteiger partial charge is 0.270 e. The number of hydrogen-bond acceptors (Lipinski definition) is 4. The van der Waals surface area contributed by atoms with Crippen molar-refractivity contribution in [3.8, 4) is 5.75 Å². The van der Waals surface area contributed by atoms with E-state index in [1.165, 1.54) is 12.1 Å². The summed E-state index contributed by atoms with van der Waals surface area (Å²) in [5.41, 5.74) is 2.37. The fraction of sp³-hybridized carbons (Fsp3) is 0.250. The van der Waals surface area contributed by atoms with Gasteiger partial charge in [0.15, 0.2) is 0 Å². The topological polar surface area (TPSA) is 81.5 Å². The van der Waals surface area contributed by atoms with Crippen LogP contribution in [0.2, 0.25) is 0 Å². The summed E-state index contributed by atoms with van der Waals surface area (Å²) < 4.78 is 6.38. The fourth-order valence-electron chi connectivity index (χ4n) is 4.46. The van der Waals surface area contributed by atoms with Crippen LogP contribution in [0.4, 0.5) is 5.69 Å². The van der Waals surface area contributed by atoms with E-state index in [9.17, 15) is 14.9 Å². The summed E-state index contributed by atoms with van der Waals surface area (Å²) >= 11 is 0. The van der Waals surface area contributed by atoms with Crippen molar-refractivity contribution in [1.82, 2.24) is 5.32 Å². The lowest BCUT2D eigenvalue weighted by Crippen LogP contribution is -2.44. The zero-order valence-electron chi connectivity index (χ0n) is 19.4. The first-order valence-electron chi connectivity index (χ1n) is 11.5. The van der Waals surface area contributed by atoms with Crippen LogP contribution in [0, 0.1) is 10.1 Å². The maximum absolute atomic E-state index is 13.7. The number of hydrogen-bond donors (Lipinski definition) is 1. The van der Waals surface area contributed by atoms with Crippen LogP contribution in [0.25, 0.3) is 11.6 Å². The highest BCUT2D eigenvalue weighted by atomic mass is 16.6. The molecule has 0 bridgehead atoms. The standard InChI is InChI=1S/C28H28N2O4/c1-3-28(4-2)19-25(23-15-8-9-16-26(23)34-28)29-27(31)24(21-12-6-5-7-13-21)18-20-11-10-14-22(17-20)30(32)33/h5-18,25H,3-4,19H2,1-2H3,(H,29,31)/b24-18+/t25-/m0/s1. The van der Waals surface area contributed by atoms with Crippen LogP contribution in [-0.4, -0.2) is 16.4 Å². The van der Waals surface area contributed by atoms with Gasteiger partial charge in [-0.3, -0.25) is 14.9 Å². The van der Waals surface area contributed by atoms with Gasteiger partial charge in [-0.05, 0) is 36.1 Å². The van der Waals surface area contributed by atoms with Gasteiger partial charge in [-0.1, -0.05) is 74.5 Å². The number of amides is 1. The number of nitro benzene ring substituents is 1. The first kappa shape index (κ1) is 23.2. The van der Waals surface area contributed by atoms with Crippen molar-refractivity contribution in [3.05, 3.63) is 106 Å². The summed E-state index contributed by atoms with van der Waals surface area (Å²) in [4.78, 5) is 24.5. The van der Waals surface area contributed by atoms with Crippen molar-refractivity contribution >= 4 is 23.2 Å². The third kappa shape index (κ3) is 4.86. The maximum Gasteiger partial charge on any atom is 0.270 e. The van der Waals surface area contributed by atoms with E-state index < -0.39 is 4.92 Å². The number of carbonyl (C=O) groups excluding carboxylic acids is 1. The van der Waals surface area contributed by atoms with Crippen molar-refractivity contribution < 1.29 is 14.5 Å². The summed E-state index contributed by atoms with van der Waals surface area (Å²) in [5, 5.41) is 14.5. The summed E-state index contributed by atoms with van der Waals surface area (Å²) in [6, 6.07) is 23.3. The largest absolute Gasteiger partial charge is 0.487 e. The Labute approximate surface area is 199 Å². The number of nitrogens with one attached hydrogen (secondary N) is 1. The van der Waals surface area contributed by atoms with Crippen LogP contribution in [0.5, 0.6) is 5.75 Å². The molecule has 1 heterocycles. The van der Waals surface area contributed by atoms with Crippen molar-refractivity contribution in [3.63, 3.8) is 0 Å². The Morgan fingerprint density at radius 3 is 2.47 bits per heavy atom. The molecule has 34 heavy (non-hydrogen) atoms. The summed E-state index contributed by atoms with van der Waals surface area (Å²) in [7, 11) is 0. The number of nitro groups is 1. The molecule has 4 rings (SSSR count). The molecule has 0 aromatic heterocycles. The van der Waals surface area contributed by atoms with E-state index in [4.69, 9.17) is 4.74 Å². The van der Waals surface area contributed by atoms with Crippen LogP contribution in [-0.2, 0) is 4.79 Å². The highest BCUT2D eigenvalue weighted by Gasteiger charge is 2.39. The first-order chi connectivity index (χ1) is 16.4. The normalized spacial score (nSPS) is 16.8. The number of carbonyl (C=O) groups is 1. The molecule has 1 amide bonds. The van der Waals surface area contributed by atoms with E-state index in [2.05, 4.69) is 19.2 Å². The van der Waals surface area contributed by atoms with Gasteiger partial charge in [0.1, 0.15) is 11.4 Å². The molecule has 1 N–H and O–H groups in total. The molecule has 6 heteroatoms. The van der Waals surface area contributed by atoms with Crippen LogP contribution >= 0.6 is 0 Å². The lowest BCUT2D eigenvalue weighted by molar-refractivity contribution is -0.384. The predicted octanol–water partition coefficient (Wildman–Crippen LogP) is 6.33. The number of non-ortho nitro benzene ring substituents is 1. The van der Waals surface area contributed by atoms with E-state index in [-0.39, 0.29) is 23.2 Å². The van der Waals surface area contributed by atoms with Gasteiger partial charge < -0.3 is 10.1 Å². The molecule has 0 saturated heterocycles. The second-order valence-electron chi connectivity index (χ2n) is 8.54. The molecule has 0 radical (unpaired) electrons. The molecular formula is C28H28N2O4. The predicted molar refractivity (Wildman–Crippen MR) is 133 cm³/mol. The molecule has 3 aromatic carbocycles. The summed E-state index contributed by atoms with van der Waals surface area (Å²) in [5.74, 6) is 0.562. The summed E-state index contributed by atoms with van der Waals surface area (Å²) in [6.45, 7) is 4.21. The molecular weight excluding hydrogens is 428 g/mol. The number of ether oxygens (including phenoxy) is 1. The Hall–Kier alpha value is -3.93. The van der Waals surface area contributed by atoms with Crippen LogP contribution in [0.1, 0.15) is 55.8 Å². The van der Waals surface area contributed by atoms with E-state index in [1.54, 1.807) is 18.2 Å². The minimum absolute atomic E-state index is 0.0180. The molecule has 174 valence electrons. The molecule has 1 atom stereocenters. The minimum atomic E-state index is -0.437. The molecule has 3 aromatic rings. The second-order valence-corrected chi connectivity index (χ2v) is 8.54. The molecule has 1 aliphatic rings. The van der Waals surface area contributed by atoms with Crippen molar-refractivity contribution in [2.75, 3.05) is 0 Å². The Bertz CT molecular complexity index is 1220. The second kappa shape index (κ2) is 9.91. The Balaban J connectivity index is 1.72. The number of fused-ring (bicyclic) bond motifs is 1. The van der Waals surface area contributed by atoms with Gasteiger partial charge in [-0.2, -0.15) is 0 Å². The average molecular weight is 457 g/mol. The van der Waals surface area contributed by atoms with E-state index in [1.807, 2.05) is 54.6 Å². The van der Waals surface area contributed by atoms with Crippen LogP contribution in [0.15, 0.2) is 78.9 Å². The molecule has 0 aliphatic carbocycles. The third-order valence-corrected chi connectivity index (χ3v) is 6.51. The van der Waals surface area contributed by atoms with Crippen molar-refractivity contribution in [1.29, 1.82) is 0 Å². The average Bonchev–Trinajstić information content (AvgIpc) is 2.87. The lowest BCUT2D eigenvalue weighted by Gasteiger charge is -2.41. The Morgan fingerprint density at radius 1 is 1.06 bits per heavy atom. The molecule has 1 aliphatic heterocycles. The van der Waals surface area contributed by atoms with Gasteiger partial charge in [0.05, 0.1) is 11.0 Å². The zero-order chi connectivity index (χ0) is 24.1. The first-order valence-corrected chi connectivity index (χ1v) is 11.5. The Morgan fingerprint density at radius 2 is 1.76 bits per heavy atom. The number of para-hydroxylation sites is 1. The molecule has 0 saturated carbocycles. The number of nitrogens with zero attached hydrogens (tertiary/aromatic N) is 1. The minimum Gasteiger partial charge on any atom is -0.487 e. The maximum atomic E-state index is 13.7. The van der Waals surface area contributed by atoms with Gasteiger partial charge in [0.2, 0.25) is 0 Å².